The third kappa shape index (κ3) is 4.36. The summed E-state index contributed by atoms with van der Waals surface area (Å²) in [5.41, 5.74) is 4.17. The quantitative estimate of drug-likeness (QED) is 0.249. The molecule has 0 saturated heterocycles. The van der Waals surface area contributed by atoms with E-state index in [9.17, 15) is 9.59 Å². The summed E-state index contributed by atoms with van der Waals surface area (Å²) < 4.78 is 23.4. The summed E-state index contributed by atoms with van der Waals surface area (Å²) in [6.45, 7) is 4.44. The molecule has 196 valence electrons. The molecule has 1 aliphatic heterocycles. The fraction of sp³-hybridized carbons (Fsp3) is 0.188. The number of carbonyl (C=O) groups excluding carboxylic acids is 1. The first-order chi connectivity index (χ1) is 18.9. The molecule has 0 saturated carbocycles. The topological polar surface area (TPSA) is 82.1 Å². The SMILES string of the molecule is COc1cc(C2c3c(oc4cc(C)c(C)cc4c3=O)C(=O)N2Cc2ccco2)ccc1OCc1ccccc1. The number of methoxy groups -OCH3 is 1. The van der Waals surface area contributed by atoms with Gasteiger partial charge < -0.3 is 23.2 Å². The molecule has 3 aromatic carbocycles. The van der Waals surface area contributed by atoms with Gasteiger partial charge >= 0.3 is 0 Å². The number of furan rings is 1. The van der Waals surface area contributed by atoms with Crippen LogP contribution in [0.1, 0.15) is 50.2 Å². The Hall–Kier alpha value is -4.78. The summed E-state index contributed by atoms with van der Waals surface area (Å²) in [6.07, 6.45) is 1.56. The van der Waals surface area contributed by atoms with Gasteiger partial charge in [-0.2, -0.15) is 0 Å². The zero-order valence-corrected chi connectivity index (χ0v) is 21.9. The zero-order valence-electron chi connectivity index (χ0n) is 21.9. The van der Waals surface area contributed by atoms with Crippen LogP contribution < -0.4 is 14.9 Å². The Morgan fingerprint density at radius 2 is 1.69 bits per heavy atom. The first-order valence-electron chi connectivity index (χ1n) is 12.7. The number of rotatable bonds is 7. The third-order valence-electron chi connectivity index (χ3n) is 7.23. The first-order valence-corrected chi connectivity index (χ1v) is 12.7. The highest BCUT2D eigenvalue weighted by molar-refractivity contribution is 5.99. The molecule has 1 atom stereocenters. The van der Waals surface area contributed by atoms with Crippen molar-refractivity contribution in [2.24, 2.45) is 0 Å². The van der Waals surface area contributed by atoms with Gasteiger partial charge in [-0.25, -0.2) is 0 Å². The molecule has 0 aliphatic carbocycles. The van der Waals surface area contributed by atoms with E-state index in [1.807, 2.05) is 68.4 Å². The van der Waals surface area contributed by atoms with E-state index in [1.54, 1.807) is 36.5 Å². The van der Waals surface area contributed by atoms with Crippen molar-refractivity contribution in [2.75, 3.05) is 7.11 Å². The molecule has 2 aromatic heterocycles. The van der Waals surface area contributed by atoms with Gasteiger partial charge in [-0.1, -0.05) is 36.4 Å². The monoisotopic (exact) mass is 521 g/mol. The molecule has 1 amide bonds. The number of fused-ring (bicyclic) bond motifs is 2. The average molecular weight is 522 g/mol. The molecule has 0 N–H and O–H groups in total. The predicted octanol–water partition coefficient (Wildman–Crippen LogP) is 6.34. The summed E-state index contributed by atoms with van der Waals surface area (Å²) >= 11 is 0. The van der Waals surface area contributed by atoms with Crippen LogP contribution in [0.4, 0.5) is 0 Å². The summed E-state index contributed by atoms with van der Waals surface area (Å²) in [4.78, 5) is 29.3. The number of aryl methyl sites for hydroxylation is 2. The van der Waals surface area contributed by atoms with E-state index >= 15 is 0 Å². The van der Waals surface area contributed by atoms with Gasteiger partial charge in [0.15, 0.2) is 16.9 Å². The van der Waals surface area contributed by atoms with Crippen LogP contribution in [0, 0.1) is 13.8 Å². The lowest BCUT2D eigenvalue weighted by molar-refractivity contribution is 0.0701. The predicted molar refractivity (Wildman–Crippen MR) is 146 cm³/mol. The van der Waals surface area contributed by atoms with Gasteiger partial charge in [-0.05, 0) is 72.5 Å². The molecular weight excluding hydrogens is 494 g/mol. The van der Waals surface area contributed by atoms with Gasteiger partial charge in [-0.3, -0.25) is 9.59 Å². The molecule has 3 heterocycles. The fourth-order valence-electron chi connectivity index (χ4n) is 5.06. The van der Waals surface area contributed by atoms with E-state index in [4.69, 9.17) is 18.3 Å². The van der Waals surface area contributed by atoms with E-state index in [0.29, 0.717) is 46.0 Å². The van der Waals surface area contributed by atoms with Crippen molar-refractivity contribution in [1.29, 1.82) is 0 Å². The van der Waals surface area contributed by atoms with Crippen LogP contribution >= 0.6 is 0 Å². The molecular formula is C32H27NO6. The highest BCUT2D eigenvalue weighted by atomic mass is 16.5. The minimum absolute atomic E-state index is 0.0516. The molecule has 0 fully saturated rings. The number of carbonyl (C=O) groups is 1. The molecule has 1 aliphatic rings. The Morgan fingerprint density at radius 1 is 0.897 bits per heavy atom. The highest BCUT2D eigenvalue weighted by Crippen LogP contribution is 2.42. The van der Waals surface area contributed by atoms with Crippen LogP contribution in [0.2, 0.25) is 0 Å². The van der Waals surface area contributed by atoms with E-state index in [0.717, 1.165) is 16.7 Å². The summed E-state index contributed by atoms with van der Waals surface area (Å²) in [7, 11) is 1.57. The van der Waals surface area contributed by atoms with E-state index in [1.165, 1.54) is 0 Å². The zero-order chi connectivity index (χ0) is 27.1. The van der Waals surface area contributed by atoms with Crippen LogP contribution in [0.15, 0.2) is 92.7 Å². The third-order valence-corrected chi connectivity index (χ3v) is 7.23. The smallest absolute Gasteiger partial charge is 0.291 e. The second-order valence-electron chi connectivity index (χ2n) is 9.71. The molecule has 0 spiro atoms. The lowest BCUT2D eigenvalue weighted by Gasteiger charge is -2.25. The Kier molecular flexibility index (Phi) is 6.19. The standard InChI is InChI=1S/C32H27NO6/c1-19-14-24-26(15-20(19)2)39-31-28(30(24)34)29(33(32(31)35)17-23-10-7-13-37-23)22-11-12-25(27(16-22)36-3)38-18-21-8-5-4-6-9-21/h4-16,29H,17-18H2,1-3H3. The van der Waals surface area contributed by atoms with E-state index < -0.39 is 6.04 Å². The van der Waals surface area contributed by atoms with Gasteiger partial charge in [0.05, 0.1) is 36.9 Å². The maximum atomic E-state index is 13.9. The summed E-state index contributed by atoms with van der Waals surface area (Å²) in [5, 5.41) is 0.448. The van der Waals surface area contributed by atoms with Crippen LogP contribution in [-0.4, -0.2) is 17.9 Å². The number of amides is 1. The molecule has 6 rings (SSSR count). The van der Waals surface area contributed by atoms with Gasteiger partial charge in [-0.15, -0.1) is 0 Å². The molecule has 1 unspecified atom stereocenters. The van der Waals surface area contributed by atoms with Crippen LogP contribution in [0.5, 0.6) is 11.5 Å². The Morgan fingerprint density at radius 3 is 2.44 bits per heavy atom. The highest BCUT2D eigenvalue weighted by Gasteiger charge is 2.43. The van der Waals surface area contributed by atoms with Gasteiger partial charge in [0, 0.05) is 0 Å². The van der Waals surface area contributed by atoms with Gasteiger partial charge in [0.25, 0.3) is 5.91 Å². The molecule has 5 aromatic rings. The lowest BCUT2D eigenvalue weighted by Crippen LogP contribution is -2.29. The number of hydrogen-bond donors (Lipinski definition) is 0. The largest absolute Gasteiger partial charge is 0.493 e. The first kappa shape index (κ1) is 24.6. The van der Waals surface area contributed by atoms with Crippen LogP contribution in [0.25, 0.3) is 11.0 Å². The molecule has 7 heteroatoms. The van der Waals surface area contributed by atoms with Crippen molar-refractivity contribution < 1.29 is 23.1 Å². The average Bonchev–Trinajstić information content (AvgIpc) is 3.56. The Balaban J connectivity index is 1.46. The van der Waals surface area contributed by atoms with Crippen molar-refractivity contribution in [3.05, 3.63) is 129 Å². The minimum atomic E-state index is -0.697. The summed E-state index contributed by atoms with van der Waals surface area (Å²) in [6, 6.07) is 21.8. The molecule has 0 radical (unpaired) electrons. The van der Waals surface area contributed by atoms with Crippen molar-refractivity contribution in [3.63, 3.8) is 0 Å². The van der Waals surface area contributed by atoms with Crippen molar-refractivity contribution in [2.45, 2.75) is 33.0 Å². The summed E-state index contributed by atoms with van der Waals surface area (Å²) in [5.74, 6) is 1.34. The van der Waals surface area contributed by atoms with Gasteiger partial charge in [0.1, 0.15) is 18.0 Å². The fourth-order valence-corrected chi connectivity index (χ4v) is 5.06. The second kappa shape index (κ2) is 9.83. The second-order valence-corrected chi connectivity index (χ2v) is 9.71. The van der Waals surface area contributed by atoms with Crippen LogP contribution in [0.3, 0.4) is 0 Å². The molecule has 39 heavy (non-hydrogen) atoms. The number of nitrogens with zero attached hydrogens (tertiary/aromatic N) is 1. The number of benzene rings is 3. The Labute approximate surface area is 225 Å². The van der Waals surface area contributed by atoms with Crippen molar-refractivity contribution in [1.82, 2.24) is 4.90 Å². The normalized spacial score (nSPS) is 14.6. The maximum Gasteiger partial charge on any atom is 0.291 e. The number of hydrogen-bond acceptors (Lipinski definition) is 6. The number of ether oxygens (including phenoxy) is 2. The van der Waals surface area contributed by atoms with Crippen molar-refractivity contribution >= 4 is 16.9 Å². The van der Waals surface area contributed by atoms with E-state index in [2.05, 4.69) is 0 Å². The lowest BCUT2D eigenvalue weighted by atomic mass is 9.97. The maximum absolute atomic E-state index is 13.9. The molecule has 0 bridgehead atoms. The van der Waals surface area contributed by atoms with Crippen molar-refractivity contribution in [3.8, 4) is 11.5 Å². The van der Waals surface area contributed by atoms with Crippen LogP contribution in [-0.2, 0) is 13.2 Å². The Bertz CT molecular complexity index is 1740. The van der Waals surface area contributed by atoms with Gasteiger partial charge in [0.2, 0.25) is 5.76 Å². The molecule has 7 nitrogen and oxygen atoms in total. The minimum Gasteiger partial charge on any atom is -0.493 e. The van der Waals surface area contributed by atoms with E-state index in [-0.39, 0.29) is 23.6 Å².